The summed E-state index contributed by atoms with van der Waals surface area (Å²) in [7, 11) is 0. The van der Waals surface area contributed by atoms with Crippen molar-refractivity contribution in [3.05, 3.63) is 46.2 Å². The molecule has 0 saturated carbocycles. The lowest BCUT2D eigenvalue weighted by molar-refractivity contribution is -0.141. The van der Waals surface area contributed by atoms with E-state index in [4.69, 9.17) is 5.73 Å². The molecular formula is C12H10BrF3N4. The second-order valence-electron chi connectivity index (χ2n) is 3.94. The Bertz CT molecular complexity index is 616. The molecule has 8 heteroatoms. The number of aromatic nitrogens is 2. The summed E-state index contributed by atoms with van der Waals surface area (Å²) < 4.78 is 38.4. The van der Waals surface area contributed by atoms with Gasteiger partial charge in [0.25, 0.3) is 0 Å². The molecule has 0 radical (unpaired) electrons. The molecule has 0 aliphatic heterocycles. The van der Waals surface area contributed by atoms with Crippen molar-refractivity contribution in [3.8, 4) is 0 Å². The Kier molecular flexibility index (Phi) is 4.24. The van der Waals surface area contributed by atoms with Crippen LogP contribution in [0.5, 0.6) is 0 Å². The van der Waals surface area contributed by atoms with Crippen molar-refractivity contribution in [2.45, 2.75) is 12.7 Å². The van der Waals surface area contributed by atoms with Crippen LogP contribution in [0.15, 0.2) is 34.9 Å². The molecule has 1 aromatic carbocycles. The normalized spacial score (nSPS) is 11.4. The third-order valence-electron chi connectivity index (χ3n) is 2.40. The van der Waals surface area contributed by atoms with Crippen molar-refractivity contribution in [1.82, 2.24) is 9.97 Å². The molecule has 2 rings (SSSR count). The van der Waals surface area contributed by atoms with Crippen LogP contribution >= 0.6 is 15.9 Å². The first-order chi connectivity index (χ1) is 9.38. The van der Waals surface area contributed by atoms with Crippen LogP contribution < -0.4 is 11.1 Å². The first kappa shape index (κ1) is 14.7. The summed E-state index contributed by atoms with van der Waals surface area (Å²) in [6.07, 6.45) is -3.45. The first-order valence-electron chi connectivity index (χ1n) is 5.55. The second-order valence-corrected chi connectivity index (χ2v) is 4.86. The molecule has 0 atom stereocenters. The Morgan fingerprint density at radius 1 is 1.25 bits per heavy atom. The van der Waals surface area contributed by atoms with Crippen molar-refractivity contribution in [2.75, 3.05) is 5.32 Å². The number of alkyl halides is 3. The van der Waals surface area contributed by atoms with Crippen LogP contribution in [0.2, 0.25) is 0 Å². The van der Waals surface area contributed by atoms with Crippen LogP contribution in [-0.4, -0.2) is 9.97 Å². The van der Waals surface area contributed by atoms with Gasteiger partial charge < -0.3 is 11.1 Å². The monoisotopic (exact) mass is 346 g/mol. The lowest BCUT2D eigenvalue weighted by atomic mass is 10.2. The summed E-state index contributed by atoms with van der Waals surface area (Å²) in [5.74, 6) is -0.124. The number of hydrogen-bond acceptors (Lipinski definition) is 4. The van der Waals surface area contributed by atoms with Gasteiger partial charge in [-0.15, -0.1) is 0 Å². The van der Waals surface area contributed by atoms with Gasteiger partial charge in [-0.05, 0) is 29.8 Å². The Morgan fingerprint density at radius 3 is 2.65 bits per heavy atom. The summed E-state index contributed by atoms with van der Waals surface area (Å²) in [5, 5.41) is 2.72. The van der Waals surface area contributed by atoms with Crippen LogP contribution in [-0.2, 0) is 12.7 Å². The van der Waals surface area contributed by atoms with Crippen molar-refractivity contribution < 1.29 is 13.2 Å². The van der Waals surface area contributed by atoms with Gasteiger partial charge in [0, 0.05) is 22.9 Å². The summed E-state index contributed by atoms with van der Waals surface area (Å²) in [4.78, 5) is 7.20. The summed E-state index contributed by atoms with van der Waals surface area (Å²) >= 11 is 3.30. The molecule has 0 fully saturated rings. The smallest absolute Gasteiger partial charge is 0.326 e. The number of nitrogens with zero attached hydrogens (tertiary/aromatic N) is 2. The van der Waals surface area contributed by atoms with E-state index in [9.17, 15) is 13.2 Å². The minimum atomic E-state index is -4.50. The predicted octanol–water partition coefficient (Wildman–Crippen LogP) is 3.46. The minimum Gasteiger partial charge on any atom is -0.326 e. The van der Waals surface area contributed by atoms with Crippen molar-refractivity contribution >= 4 is 27.6 Å². The van der Waals surface area contributed by atoms with Gasteiger partial charge in [0.2, 0.25) is 5.95 Å². The third kappa shape index (κ3) is 3.67. The highest BCUT2D eigenvalue weighted by atomic mass is 79.9. The highest BCUT2D eigenvalue weighted by Gasteiger charge is 2.32. The van der Waals surface area contributed by atoms with E-state index < -0.39 is 11.9 Å². The van der Waals surface area contributed by atoms with E-state index in [0.717, 1.165) is 22.3 Å². The van der Waals surface area contributed by atoms with Gasteiger partial charge in [0.1, 0.15) is 5.69 Å². The number of nitrogens with two attached hydrogens (primary N) is 1. The Labute approximate surface area is 121 Å². The molecule has 0 aliphatic rings. The Hall–Kier alpha value is -1.67. The van der Waals surface area contributed by atoms with Crippen molar-refractivity contribution in [2.24, 2.45) is 5.73 Å². The van der Waals surface area contributed by atoms with Gasteiger partial charge in [-0.2, -0.15) is 13.2 Å². The molecule has 2 aromatic rings. The average Bonchev–Trinajstić information content (AvgIpc) is 2.37. The fraction of sp³-hybridized carbons (Fsp3) is 0.167. The lowest BCUT2D eigenvalue weighted by Gasteiger charge is -2.10. The number of benzene rings is 1. The van der Waals surface area contributed by atoms with Crippen LogP contribution in [0.1, 0.15) is 11.3 Å². The lowest BCUT2D eigenvalue weighted by Crippen LogP contribution is -2.10. The fourth-order valence-electron chi connectivity index (χ4n) is 1.55. The molecule has 0 spiro atoms. The molecule has 1 heterocycles. The van der Waals surface area contributed by atoms with E-state index in [1.54, 1.807) is 12.1 Å². The Morgan fingerprint density at radius 2 is 2.00 bits per heavy atom. The zero-order chi connectivity index (χ0) is 14.8. The van der Waals surface area contributed by atoms with E-state index in [2.05, 4.69) is 31.2 Å². The SMILES string of the molecule is NCc1cc(Br)cc(Nc2nccc(C(F)(F)F)n2)c1. The first-order valence-corrected chi connectivity index (χ1v) is 6.34. The highest BCUT2D eigenvalue weighted by molar-refractivity contribution is 9.10. The number of rotatable bonds is 3. The number of anilines is 2. The zero-order valence-electron chi connectivity index (χ0n) is 10.1. The summed E-state index contributed by atoms with van der Waals surface area (Å²) in [5.41, 5.74) is 5.92. The highest BCUT2D eigenvalue weighted by Crippen LogP contribution is 2.28. The van der Waals surface area contributed by atoms with Gasteiger partial charge in [0.15, 0.2) is 0 Å². The predicted molar refractivity (Wildman–Crippen MR) is 72.4 cm³/mol. The average molecular weight is 347 g/mol. The van der Waals surface area contributed by atoms with E-state index in [1.165, 1.54) is 0 Å². The summed E-state index contributed by atoms with van der Waals surface area (Å²) in [6.45, 7) is 0.317. The zero-order valence-corrected chi connectivity index (χ0v) is 11.7. The molecular weight excluding hydrogens is 337 g/mol. The van der Waals surface area contributed by atoms with Crippen LogP contribution in [0.25, 0.3) is 0 Å². The minimum absolute atomic E-state index is 0.124. The molecule has 0 amide bonds. The van der Waals surface area contributed by atoms with Crippen molar-refractivity contribution in [1.29, 1.82) is 0 Å². The molecule has 0 saturated heterocycles. The largest absolute Gasteiger partial charge is 0.433 e. The molecule has 20 heavy (non-hydrogen) atoms. The molecule has 0 unspecified atom stereocenters. The maximum Gasteiger partial charge on any atom is 0.433 e. The molecule has 106 valence electrons. The number of halogens is 4. The van der Waals surface area contributed by atoms with E-state index in [-0.39, 0.29) is 5.95 Å². The van der Waals surface area contributed by atoms with Crippen LogP contribution in [0.3, 0.4) is 0 Å². The topological polar surface area (TPSA) is 63.8 Å². The third-order valence-corrected chi connectivity index (χ3v) is 2.85. The molecule has 3 N–H and O–H groups in total. The van der Waals surface area contributed by atoms with Crippen LogP contribution in [0.4, 0.5) is 24.8 Å². The van der Waals surface area contributed by atoms with Gasteiger partial charge >= 0.3 is 6.18 Å². The molecule has 1 aromatic heterocycles. The Balaban J connectivity index is 2.28. The van der Waals surface area contributed by atoms with Gasteiger partial charge in [-0.3, -0.25) is 0 Å². The van der Waals surface area contributed by atoms with Gasteiger partial charge in [-0.25, -0.2) is 9.97 Å². The number of nitrogens with one attached hydrogen (secondary N) is 1. The maximum absolute atomic E-state index is 12.5. The van der Waals surface area contributed by atoms with Crippen LogP contribution in [0, 0.1) is 0 Å². The van der Waals surface area contributed by atoms with Crippen molar-refractivity contribution in [3.63, 3.8) is 0 Å². The van der Waals surface area contributed by atoms with E-state index in [0.29, 0.717) is 12.2 Å². The molecule has 0 bridgehead atoms. The van der Waals surface area contributed by atoms with E-state index >= 15 is 0 Å². The number of hydrogen-bond donors (Lipinski definition) is 2. The molecule has 4 nitrogen and oxygen atoms in total. The van der Waals surface area contributed by atoms with Gasteiger partial charge in [0.05, 0.1) is 0 Å². The summed E-state index contributed by atoms with van der Waals surface area (Å²) in [6, 6.07) is 6.05. The fourth-order valence-corrected chi connectivity index (χ4v) is 2.09. The van der Waals surface area contributed by atoms with E-state index in [1.807, 2.05) is 6.07 Å². The quantitative estimate of drug-likeness (QED) is 0.893. The maximum atomic E-state index is 12.5. The second kappa shape index (κ2) is 5.76. The van der Waals surface area contributed by atoms with Gasteiger partial charge in [-0.1, -0.05) is 15.9 Å². The standard InChI is InChI=1S/C12H10BrF3N4/c13-8-3-7(6-17)4-9(5-8)19-11-18-2-1-10(20-11)12(14,15)16/h1-5H,6,17H2,(H,18,19,20). The molecule has 0 aliphatic carbocycles.